The van der Waals surface area contributed by atoms with Crippen molar-refractivity contribution in [1.29, 1.82) is 0 Å². The maximum atomic E-state index is 12.9. The van der Waals surface area contributed by atoms with Crippen molar-refractivity contribution in [1.82, 2.24) is 4.90 Å². The average molecular weight is 298 g/mol. The zero-order valence-corrected chi connectivity index (χ0v) is 11.6. The fourth-order valence-electron chi connectivity index (χ4n) is 1.98. The fraction of sp³-hybridized carbons (Fsp3) is 0.286. The van der Waals surface area contributed by atoms with Crippen LogP contribution >= 0.6 is 11.6 Å². The standard InChI is InChI=1S/C14H13ClFNO3/c1-20-8-2-7-17-13(18)11(12(15)14(17)19)9-3-5-10(16)6-4-9/h3-6H,2,7-8H2,1H3. The minimum absolute atomic E-state index is 0.120. The van der Waals surface area contributed by atoms with Crippen molar-refractivity contribution < 1.29 is 18.7 Å². The number of ether oxygens (including phenoxy) is 1. The maximum Gasteiger partial charge on any atom is 0.273 e. The van der Waals surface area contributed by atoms with E-state index in [0.717, 1.165) is 4.90 Å². The van der Waals surface area contributed by atoms with E-state index in [1.807, 2.05) is 0 Å². The second-order valence-corrected chi connectivity index (χ2v) is 4.68. The molecule has 1 heterocycles. The Balaban J connectivity index is 2.23. The van der Waals surface area contributed by atoms with Crippen LogP contribution in [0.1, 0.15) is 12.0 Å². The molecule has 106 valence electrons. The van der Waals surface area contributed by atoms with Crippen LogP contribution in [0.2, 0.25) is 0 Å². The van der Waals surface area contributed by atoms with Gasteiger partial charge in [0.1, 0.15) is 10.8 Å². The molecule has 0 bridgehead atoms. The van der Waals surface area contributed by atoms with Crippen molar-refractivity contribution in [2.45, 2.75) is 6.42 Å². The number of carbonyl (C=O) groups excluding carboxylic acids is 2. The van der Waals surface area contributed by atoms with E-state index in [-0.39, 0.29) is 17.2 Å². The fourth-order valence-corrected chi connectivity index (χ4v) is 2.28. The lowest BCUT2D eigenvalue weighted by atomic mass is 10.1. The van der Waals surface area contributed by atoms with Gasteiger partial charge in [-0.1, -0.05) is 23.7 Å². The number of benzene rings is 1. The number of nitrogens with zero attached hydrogens (tertiary/aromatic N) is 1. The molecule has 1 aliphatic rings. The molecule has 4 nitrogen and oxygen atoms in total. The minimum atomic E-state index is -0.521. The molecule has 1 aromatic rings. The number of amides is 2. The molecular formula is C14H13ClFNO3. The van der Waals surface area contributed by atoms with Gasteiger partial charge in [0.25, 0.3) is 11.8 Å². The molecule has 0 unspecified atom stereocenters. The highest BCUT2D eigenvalue weighted by atomic mass is 35.5. The molecular weight excluding hydrogens is 285 g/mol. The normalized spacial score (nSPS) is 15.4. The zero-order valence-electron chi connectivity index (χ0n) is 10.9. The highest BCUT2D eigenvalue weighted by Crippen LogP contribution is 2.31. The molecule has 1 aromatic carbocycles. The lowest BCUT2D eigenvalue weighted by Gasteiger charge is -2.14. The van der Waals surface area contributed by atoms with Crippen LogP contribution in [-0.2, 0) is 14.3 Å². The molecule has 6 heteroatoms. The Hall–Kier alpha value is -1.72. The Morgan fingerprint density at radius 2 is 1.85 bits per heavy atom. The van der Waals surface area contributed by atoms with Crippen LogP contribution in [-0.4, -0.2) is 37.0 Å². The minimum Gasteiger partial charge on any atom is -0.385 e. The van der Waals surface area contributed by atoms with Gasteiger partial charge in [-0.25, -0.2) is 4.39 Å². The highest BCUT2D eigenvalue weighted by molar-refractivity contribution is 6.55. The quantitative estimate of drug-likeness (QED) is 0.618. The zero-order chi connectivity index (χ0) is 14.7. The predicted molar refractivity (Wildman–Crippen MR) is 72.4 cm³/mol. The number of imide groups is 1. The second-order valence-electron chi connectivity index (χ2n) is 4.30. The first-order valence-electron chi connectivity index (χ1n) is 6.07. The van der Waals surface area contributed by atoms with Crippen LogP contribution in [0.4, 0.5) is 4.39 Å². The van der Waals surface area contributed by atoms with Gasteiger partial charge in [0, 0.05) is 20.3 Å². The van der Waals surface area contributed by atoms with Gasteiger partial charge in [-0.15, -0.1) is 0 Å². The summed E-state index contributed by atoms with van der Waals surface area (Å²) in [4.78, 5) is 25.3. The van der Waals surface area contributed by atoms with E-state index in [1.54, 1.807) is 7.11 Å². The molecule has 2 rings (SSSR count). The predicted octanol–water partition coefficient (Wildman–Crippen LogP) is 2.18. The average Bonchev–Trinajstić information content (AvgIpc) is 2.64. The van der Waals surface area contributed by atoms with Crippen molar-refractivity contribution in [3.8, 4) is 0 Å². The number of hydrogen-bond donors (Lipinski definition) is 0. The molecule has 0 saturated heterocycles. The highest BCUT2D eigenvalue weighted by Gasteiger charge is 2.37. The first-order chi connectivity index (χ1) is 9.56. The Morgan fingerprint density at radius 3 is 2.45 bits per heavy atom. The van der Waals surface area contributed by atoms with E-state index < -0.39 is 17.6 Å². The largest absolute Gasteiger partial charge is 0.385 e. The van der Waals surface area contributed by atoms with E-state index in [1.165, 1.54) is 24.3 Å². The molecule has 0 N–H and O–H groups in total. The second kappa shape index (κ2) is 6.15. The van der Waals surface area contributed by atoms with Crippen molar-refractivity contribution in [2.24, 2.45) is 0 Å². The van der Waals surface area contributed by atoms with E-state index >= 15 is 0 Å². The lowest BCUT2D eigenvalue weighted by molar-refractivity contribution is -0.136. The monoisotopic (exact) mass is 297 g/mol. The van der Waals surface area contributed by atoms with Crippen LogP contribution in [0.15, 0.2) is 29.3 Å². The van der Waals surface area contributed by atoms with E-state index in [0.29, 0.717) is 18.6 Å². The number of halogens is 2. The van der Waals surface area contributed by atoms with Gasteiger partial charge in [-0.05, 0) is 24.1 Å². The Bertz CT molecular complexity index is 568. The molecule has 0 atom stereocenters. The molecule has 2 amide bonds. The SMILES string of the molecule is COCCCN1C(=O)C(Cl)=C(c2ccc(F)cc2)C1=O. The molecule has 0 aromatic heterocycles. The lowest BCUT2D eigenvalue weighted by Crippen LogP contribution is -2.32. The van der Waals surface area contributed by atoms with Crippen molar-refractivity contribution in [3.63, 3.8) is 0 Å². The van der Waals surface area contributed by atoms with Crippen LogP contribution in [0.3, 0.4) is 0 Å². The molecule has 0 fully saturated rings. The summed E-state index contributed by atoms with van der Waals surface area (Å²) >= 11 is 5.95. The summed E-state index contributed by atoms with van der Waals surface area (Å²) in [5.74, 6) is -1.39. The molecule has 1 aliphatic heterocycles. The van der Waals surface area contributed by atoms with Crippen LogP contribution in [0, 0.1) is 5.82 Å². The third-order valence-corrected chi connectivity index (χ3v) is 3.33. The molecule has 0 spiro atoms. The summed E-state index contributed by atoms with van der Waals surface area (Å²) in [6.07, 6.45) is 0.537. The molecule has 0 saturated carbocycles. The Labute approximate surface area is 120 Å². The summed E-state index contributed by atoms with van der Waals surface area (Å²) in [5.41, 5.74) is 0.554. The van der Waals surface area contributed by atoms with E-state index in [2.05, 4.69) is 0 Å². The number of hydrogen-bond acceptors (Lipinski definition) is 3. The van der Waals surface area contributed by atoms with Crippen molar-refractivity contribution in [2.75, 3.05) is 20.3 Å². The van der Waals surface area contributed by atoms with Crippen LogP contribution in [0.5, 0.6) is 0 Å². The number of carbonyl (C=O) groups is 2. The van der Waals surface area contributed by atoms with E-state index in [4.69, 9.17) is 16.3 Å². The smallest absolute Gasteiger partial charge is 0.273 e. The van der Waals surface area contributed by atoms with E-state index in [9.17, 15) is 14.0 Å². The van der Waals surface area contributed by atoms with Crippen LogP contribution in [0.25, 0.3) is 5.57 Å². The molecule has 20 heavy (non-hydrogen) atoms. The Morgan fingerprint density at radius 1 is 1.20 bits per heavy atom. The maximum absolute atomic E-state index is 12.9. The first-order valence-corrected chi connectivity index (χ1v) is 6.45. The molecule has 0 radical (unpaired) electrons. The van der Waals surface area contributed by atoms with Gasteiger partial charge in [-0.2, -0.15) is 0 Å². The topological polar surface area (TPSA) is 46.6 Å². The van der Waals surface area contributed by atoms with Gasteiger partial charge in [0.15, 0.2) is 0 Å². The first kappa shape index (κ1) is 14.7. The summed E-state index contributed by atoms with van der Waals surface area (Å²) in [6, 6.07) is 5.30. The van der Waals surface area contributed by atoms with Crippen molar-refractivity contribution >= 4 is 29.0 Å². The third kappa shape index (κ3) is 2.73. The number of methoxy groups -OCH3 is 1. The van der Waals surface area contributed by atoms with Gasteiger partial charge in [0.2, 0.25) is 0 Å². The summed E-state index contributed by atoms with van der Waals surface area (Å²) in [6.45, 7) is 0.687. The third-order valence-electron chi connectivity index (χ3n) is 2.97. The van der Waals surface area contributed by atoms with Gasteiger partial charge < -0.3 is 4.74 Å². The number of rotatable bonds is 5. The summed E-state index contributed by atoms with van der Waals surface area (Å²) in [7, 11) is 1.54. The van der Waals surface area contributed by atoms with Crippen LogP contribution < -0.4 is 0 Å². The summed E-state index contributed by atoms with van der Waals surface area (Å²) in [5, 5.41) is -0.126. The van der Waals surface area contributed by atoms with Gasteiger partial charge in [-0.3, -0.25) is 14.5 Å². The molecule has 0 aliphatic carbocycles. The Kier molecular flexibility index (Phi) is 4.52. The van der Waals surface area contributed by atoms with Gasteiger partial charge in [0.05, 0.1) is 5.57 Å². The van der Waals surface area contributed by atoms with Crippen molar-refractivity contribution in [3.05, 3.63) is 40.7 Å². The summed E-state index contributed by atoms with van der Waals surface area (Å²) < 4.78 is 17.8. The van der Waals surface area contributed by atoms with Gasteiger partial charge >= 0.3 is 0 Å².